The van der Waals surface area contributed by atoms with Gasteiger partial charge in [0.25, 0.3) is 0 Å². The van der Waals surface area contributed by atoms with Gasteiger partial charge in [0.1, 0.15) is 0 Å². The lowest BCUT2D eigenvalue weighted by atomic mass is 10.1. The summed E-state index contributed by atoms with van der Waals surface area (Å²) in [7, 11) is 0. The van der Waals surface area contributed by atoms with Crippen molar-refractivity contribution in [1.29, 1.82) is 0 Å². The van der Waals surface area contributed by atoms with Crippen LogP contribution in [0.2, 0.25) is 0 Å². The lowest BCUT2D eigenvalue weighted by molar-refractivity contribution is -0.136. The molecule has 0 aliphatic carbocycles. The summed E-state index contributed by atoms with van der Waals surface area (Å²) >= 11 is 1.55. The standard InChI is InChI=1S/C15H18N2O2S/c1-11-10-20-15(16-11)17(9-8-14(18)19)12(2)13-6-4-3-5-7-13/h3-7,10,12H,8-9H2,1-2H3,(H,18,19). The second-order valence-electron chi connectivity index (χ2n) is 4.70. The zero-order valence-corrected chi connectivity index (χ0v) is 12.4. The van der Waals surface area contributed by atoms with Crippen LogP contribution in [0, 0.1) is 6.92 Å². The molecule has 0 radical (unpaired) electrons. The summed E-state index contributed by atoms with van der Waals surface area (Å²) in [5.74, 6) is -0.788. The fourth-order valence-corrected chi connectivity index (χ4v) is 2.97. The molecule has 5 heteroatoms. The van der Waals surface area contributed by atoms with E-state index in [9.17, 15) is 4.79 Å². The first-order valence-electron chi connectivity index (χ1n) is 6.53. The Kier molecular flexibility index (Phi) is 4.74. The van der Waals surface area contributed by atoms with Crippen molar-refractivity contribution in [3.63, 3.8) is 0 Å². The fraction of sp³-hybridized carbons (Fsp3) is 0.333. The van der Waals surface area contributed by atoms with Crippen LogP contribution in [0.3, 0.4) is 0 Å². The second kappa shape index (κ2) is 6.52. The average Bonchev–Trinajstić information content (AvgIpc) is 2.86. The van der Waals surface area contributed by atoms with E-state index < -0.39 is 5.97 Å². The lowest BCUT2D eigenvalue weighted by Gasteiger charge is -2.28. The third kappa shape index (κ3) is 3.57. The highest BCUT2D eigenvalue weighted by molar-refractivity contribution is 7.13. The average molecular weight is 290 g/mol. The van der Waals surface area contributed by atoms with Crippen molar-refractivity contribution < 1.29 is 9.90 Å². The van der Waals surface area contributed by atoms with Crippen LogP contribution in [-0.4, -0.2) is 22.6 Å². The highest BCUT2D eigenvalue weighted by Crippen LogP contribution is 2.29. The minimum Gasteiger partial charge on any atom is -0.481 e. The molecule has 106 valence electrons. The van der Waals surface area contributed by atoms with Crippen LogP contribution < -0.4 is 4.90 Å². The molecule has 0 aliphatic rings. The molecule has 1 heterocycles. The Balaban J connectivity index is 2.24. The number of nitrogens with zero attached hydrogens (tertiary/aromatic N) is 2. The van der Waals surface area contributed by atoms with E-state index in [4.69, 9.17) is 5.11 Å². The molecule has 0 saturated heterocycles. The zero-order chi connectivity index (χ0) is 14.5. The largest absolute Gasteiger partial charge is 0.481 e. The van der Waals surface area contributed by atoms with Crippen LogP contribution in [0.4, 0.5) is 5.13 Å². The highest BCUT2D eigenvalue weighted by Gasteiger charge is 2.19. The Bertz CT molecular complexity index is 568. The Morgan fingerprint density at radius 2 is 2.10 bits per heavy atom. The molecule has 1 aromatic carbocycles. The molecule has 4 nitrogen and oxygen atoms in total. The molecule has 2 aromatic rings. The Hall–Kier alpha value is -1.88. The maximum atomic E-state index is 10.9. The highest BCUT2D eigenvalue weighted by atomic mass is 32.1. The monoisotopic (exact) mass is 290 g/mol. The Morgan fingerprint density at radius 3 is 2.65 bits per heavy atom. The van der Waals surface area contributed by atoms with Crippen molar-refractivity contribution in [3.8, 4) is 0 Å². The first-order chi connectivity index (χ1) is 9.58. The minimum atomic E-state index is -0.788. The number of rotatable bonds is 6. The summed E-state index contributed by atoms with van der Waals surface area (Å²) in [4.78, 5) is 17.4. The third-order valence-corrected chi connectivity index (χ3v) is 4.16. The van der Waals surface area contributed by atoms with Gasteiger partial charge in [-0.2, -0.15) is 0 Å². The third-order valence-electron chi connectivity index (χ3n) is 3.17. The molecule has 0 spiro atoms. The number of anilines is 1. The van der Waals surface area contributed by atoms with Crippen molar-refractivity contribution in [2.75, 3.05) is 11.4 Å². The smallest absolute Gasteiger partial charge is 0.305 e. The van der Waals surface area contributed by atoms with Crippen LogP contribution in [0.15, 0.2) is 35.7 Å². The van der Waals surface area contributed by atoms with Gasteiger partial charge in [-0.1, -0.05) is 30.3 Å². The van der Waals surface area contributed by atoms with Gasteiger partial charge < -0.3 is 10.0 Å². The summed E-state index contributed by atoms with van der Waals surface area (Å²) in [5.41, 5.74) is 2.12. The first-order valence-corrected chi connectivity index (χ1v) is 7.41. The predicted octanol–water partition coefficient (Wildman–Crippen LogP) is 3.49. The lowest BCUT2D eigenvalue weighted by Crippen LogP contribution is -2.29. The molecule has 1 unspecified atom stereocenters. The number of thiazole rings is 1. The topological polar surface area (TPSA) is 53.4 Å². The van der Waals surface area contributed by atoms with Gasteiger partial charge in [0.2, 0.25) is 0 Å². The van der Waals surface area contributed by atoms with Crippen molar-refractivity contribution in [2.45, 2.75) is 26.3 Å². The minimum absolute atomic E-state index is 0.0982. The summed E-state index contributed by atoms with van der Waals surface area (Å²) in [6.07, 6.45) is 0.107. The molecular weight excluding hydrogens is 272 g/mol. The molecule has 1 atom stereocenters. The molecule has 1 aromatic heterocycles. The van der Waals surface area contributed by atoms with Gasteiger partial charge in [0.15, 0.2) is 5.13 Å². The van der Waals surface area contributed by atoms with Gasteiger partial charge in [-0.25, -0.2) is 4.98 Å². The van der Waals surface area contributed by atoms with Crippen LogP contribution in [-0.2, 0) is 4.79 Å². The van der Waals surface area contributed by atoms with Gasteiger partial charge in [0.05, 0.1) is 18.2 Å². The maximum absolute atomic E-state index is 10.9. The number of carboxylic acids is 1. The second-order valence-corrected chi connectivity index (χ2v) is 5.53. The number of aromatic nitrogens is 1. The van der Waals surface area contributed by atoms with E-state index in [0.717, 1.165) is 16.4 Å². The number of carboxylic acid groups (broad SMARTS) is 1. The van der Waals surface area contributed by atoms with Crippen LogP contribution in [0.1, 0.15) is 30.6 Å². The molecule has 0 aliphatic heterocycles. The number of benzene rings is 1. The molecule has 1 N–H and O–H groups in total. The fourth-order valence-electron chi connectivity index (χ4n) is 2.06. The molecule has 20 heavy (non-hydrogen) atoms. The van der Waals surface area contributed by atoms with Gasteiger partial charge >= 0.3 is 5.97 Å². The summed E-state index contributed by atoms with van der Waals surface area (Å²) in [6, 6.07) is 10.2. The van der Waals surface area contributed by atoms with E-state index in [1.54, 1.807) is 11.3 Å². The first kappa shape index (κ1) is 14.5. The van der Waals surface area contributed by atoms with Crippen molar-refractivity contribution >= 4 is 22.4 Å². The molecule has 0 bridgehead atoms. The van der Waals surface area contributed by atoms with Gasteiger partial charge in [-0.3, -0.25) is 4.79 Å². The van der Waals surface area contributed by atoms with Crippen molar-refractivity contribution in [3.05, 3.63) is 47.0 Å². The number of hydrogen-bond acceptors (Lipinski definition) is 4. The van der Waals surface area contributed by atoms with E-state index in [-0.39, 0.29) is 12.5 Å². The van der Waals surface area contributed by atoms with E-state index in [2.05, 4.69) is 28.9 Å². The van der Waals surface area contributed by atoms with Crippen LogP contribution in [0.25, 0.3) is 0 Å². The van der Waals surface area contributed by atoms with Gasteiger partial charge in [-0.05, 0) is 19.4 Å². The number of carbonyl (C=O) groups is 1. The van der Waals surface area contributed by atoms with Crippen LogP contribution in [0.5, 0.6) is 0 Å². The van der Waals surface area contributed by atoms with Gasteiger partial charge in [-0.15, -0.1) is 11.3 Å². The summed E-state index contributed by atoms with van der Waals surface area (Å²) in [6.45, 7) is 4.48. The Labute approximate surface area is 122 Å². The number of aryl methyl sites for hydroxylation is 1. The van der Waals surface area contributed by atoms with E-state index >= 15 is 0 Å². The number of aliphatic carboxylic acids is 1. The van der Waals surface area contributed by atoms with Gasteiger partial charge in [0, 0.05) is 11.9 Å². The molecular formula is C15H18N2O2S. The molecule has 0 amide bonds. The molecule has 0 saturated carbocycles. The van der Waals surface area contributed by atoms with Crippen LogP contribution >= 0.6 is 11.3 Å². The predicted molar refractivity (Wildman–Crippen MR) is 81.3 cm³/mol. The van der Waals surface area contributed by atoms with E-state index in [1.165, 1.54) is 0 Å². The number of hydrogen-bond donors (Lipinski definition) is 1. The SMILES string of the molecule is Cc1csc(N(CCC(=O)O)C(C)c2ccccc2)n1. The van der Waals surface area contributed by atoms with E-state index in [1.807, 2.05) is 30.5 Å². The van der Waals surface area contributed by atoms with Crippen molar-refractivity contribution in [2.24, 2.45) is 0 Å². The normalized spacial score (nSPS) is 12.1. The van der Waals surface area contributed by atoms with Crippen molar-refractivity contribution in [1.82, 2.24) is 4.98 Å². The zero-order valence-electron chi connectivity index (χ0n) is 11.6. The molecule has 0 fully saturated rings. The summed E-state index contributed by atoms with van der Waals surface area (Å²) < 4.78 is 0. The summed E-state index contributed by atoms with van der Waals surface area (Å²) in [5, 5.41) is 11.8. The quantitative estimate of drug-likeness (QED) is 0.884. The molecule has 2 rings (SSSR count). The maximum Gasteiger partial charge on any atom is 0.305 e. The van der Waals surface area contributed by atoms with E-state index in [0.29, 0.717) is 6.54 Å². The Morgan fingerprint density at radius 1 is 1.40 bits per heavy atom.